The van der Waals surface area contributed by atoms with Gasteiger partial charge in [0.25, 0.3) is 5.91 Å². The number of hydrogen-bond acceptors (Lipinski definition) is 4. The number of nitrogens with zero attached hydrogens (tertiary/aromatic N) is 4. The van der Waals surface area contributed by atoms with Crippen molar-refractivity contribution >= 4 is 12.0 Å². The monoisotopic (exact) mass is 453 g/mol. The van der Waals surface area contributed by atoms with E-state index in [0.29, 0.717) is 37.3 Å². The number of rotatable bonds is 4. The number of likely N-dealkylation sites (tertiary alicyclic amines) is 1. The molecule has 0 saturated carbocycles. The molecule has 1 aliphatic heterocycles. The molecule has 3 aromatic rings. The van der Waals surface area contributed by atoms with Crippen LogP contribution in [0.15, 0.2) is 55.0 Å². The van der Waals surface area contributed by atoms with Gasteiger partial charge in [-0.3, -0.25) is 4.79 Å². The number of carbonyl (C=O) groups excluding carboxylic acids is 2. The Morgan fingerprint density at radius 2 is 1.76 bits per heavy atom. The van der Waals surface area contributed by atoms with Gasteiger partial charge in [-0.1, -0.05) is 12.1 Å². The van der Waals surface area contributed by atoms with E-state index in [1.807, 2.05) is 32.9 Å². The van der Waals surface area contributed by atoms with Gasteiger partial charge in [-0.2, -0.15) is 5.10 Å². The smallest absolute Gasteiger partial charge is 0.410 e. The SMILES string of the molecule is CC(C)(C)OC(=O)N1CCC(NC(=O)c2cnn(-c3ccccc3F)c2-n2cccc2)CC1. The zero-order chi connectivity index (χ0) is 23.6. The summed E-state index contributed by atoms with van der Waals surface area (Å²) < 4.78 is 23.1. The Morgan fingerprint density at radius 1 is 1.09 bits per heavy atom. The van der Waals surface area contributed by atoms with E-state index in [0.717, 1.165) is 0 Å². The molecule has 4 rings (SSSR count). The second kappa shape index (κ2) is 9.09. The van der Waals surface area contributed by atoms with Crippen molar-refractivity contribution in [1.82, 2.24) is 24.6 Å². The van der Waals surface area contributed by atoms with Crippen LogP contribution in [0, 0.1) is 5.82 Å². The van der Waals surface area contributed by atoms with E-state index in [9.17, 15) is 14.0 Å². The van der Waals surface area contributed by atoms with E-state index in [1.54, 1.807) is 40.1 Å². The van der Waals surface area contributed by atoms with Crippen LogP contribution >= 0.6 is 0 Å². The summed E-state index contributed by atoms with van der Waals surface area (Å²) in [5.74, 6) is -0.277. The fraction of sp³-hybridized carbons (Fsp3) is 0.375. The van der Waals surface area contributed by atoms with Crippen molar-refractivity contribution in [2.75, 3.05) is 13.1 Å². The Kier molecular flexibility index (Phi) is 6.22. The Hall–Kier alpha value is -3.62. The second-order valence-electron chi connectivity index (χ2n) is 9.05. The molecule has 2 amide bonds. The Morgan fingerprint density at radius 3 is 2.39 bits per heavy atom. The first-order valence-corrected chi connectivity index (χ1v) is 11.0. The number of para-hydroxylation sites is 1. The average molecular weight is 454 g/mol. The molecule has 1 aliphatic rings. The quantitative estimate of drug-likeness (QED) is 0.649. The number of amides is 2. The molecule has 0 radical (unpaired) electrons. The predicted octanol–water partition coefficient (Wildman–Crippen LogP) is 3.93. The van der Waals surface area contributed by atoms with Crippen LogP contribution < -0.4 is 5.32 Å². The molecule has 0 unspecified atom stereocenters. The summed E-state index contributed by atoms with van der Waals surface area (Å²) in [4.78, 5) is 27.1. The maximum Gasteiger partial charge on any atom is 0.410 e. The molecular weight excluding hydrogens is 425 g/mol. The van der Waals surface area contributed by atoms with Crippen molar-refractivity contribution in [3.63, 3.8) is 0 Å². The average Bonchev–Trinajstić information content (AvgIpc) is 3.43. The van der Waals surface area contributed by atoms with Crippen molar-refractivity contribution in [3.8, 4) is 11.5 Å². The topological polar surface area (TPSA) is 81.4 Å². The van der Waals surface area contributed by atoms with Crippen LogP contribution in [0.2, 0.25) is 0 Å². The van der Waals surface area contributed by atoms with Gasteiger partial charge in [0.2, 0.25) is 0 Å². The molecule has 33 heavy (non-hydrogen) atoms. The Labute approximate surface area is 191 Å². The molecule has 8 nitrogen and oxygen atoms in total. The van der Waals surface area contributed by atoms with Gasteiger partial charge in [-0.05, 0) is 57.9 Å². The molecule has 1 saturated heterocycles. The number of benzene rings is 1. The van der Waals surface area contributed by atoms with Crippen molar-refractivity contribution in [1.29, 1.82) is 0 Å². The lowest BCUT2D eigenvalue weighted by molar-refractivity contribution is 0.0199. The van der Waals surface area contributed by atoms with Gasteiger partial charge in [0.05, 0.1) is 6.20 Å². The highest BCUT2D eigenvalue weighted by Crippen LogP contribution is 2.22. The molecule has 9 heteroatoms. The van der Waals surface area contributed by atoms with Crippen LogP contribution in [0.25, 0.3) is 11.5 Å². The molecule has 1 fully saturated rings. The summed E-state index contributed by atoms with van der Waals surface area (Å²) in [5.41, 5.74) is 0.0463. The minimum absolute atomic E-state index is 0.0921. The first-order valence-electron chi connectivity index (χ1n) is 11.0. The molecule has 3 heterocycles. The predicted molar refractivity (Wildman–Crippen MR) is 121 cm³/mol. The molecule has 1 aromatic carbocycles. The second-order valence-corrected chi connectivity index (χ2v) is 9.05. The molecule has 0 spiro atoms. The van der Waals surface area contributed by atoms with E-state index in [2.05, 4.69) is 10.4 Å². The number of hydrogen-bond donors (Lipinski definition) is 1. The van der Waals surface area contributed by atoms with Crippen molar-refractivity contribution in [3.05, 3.63) is 66.4 Å². The maximum atomic E-state index is 14.5. The minimum Gasteiger partial charge on any atom is -0.444 e. The fourth-order valence-corrected chi connectivity index (χ4v) is 3.82. The maximum absolute atomic E-state index is 14.5. The standard InChI is InChI=1S/C24H28FN5O3/c1-24(2,3)33-23(32)29-14-10-17(11-15-29)27-21(31)18-16-26-30(20-9-5-4-8-19(20)25)22(18)28-12-6-7-13-28/h4-9,12-13,16-17H,10-11,14-15H2,1-3H3,(H,27,31). The van der Waals surface area contributed by atoms with Crippen LogP contribution in [0.5, 0.6) is 0 Å². The zero-order valence-corrected chi connectivity index (χ0v) is 19.0. The highest BCUT2D eigenvalue weighted by atomic mass is 19.1. The number of halogens is 1. The highest BCUT2D eigenvalue weighted by Gasteiger charge is 2.29. The van der Waals surface area contributed by atoms with E-state index < -0.39 is 11.4 Å². The summed E-state index contributed by atoms with van der Waals surface area (Å²) >= 11 is 0. The third kappa shape index (κ3) is 5.08. The fourth-order valence-electron chi connectivity index (χ4n) is 3.82. The van der Waals surface area contributed by atoms with E-state index >= 15 is 0 Å². The largest absolute Gasteiger partial charge is 0.444 e. The first-order chi connectivity index (χ1) is 15.7. The Balaban J connectivity index is 1.50. The number of carbonyl (C=O) groups is 2. The third-order valence-electron chi connectivity index (χ3n) is 5.40. The lowest BCUT2D eigenvalue weighted by atomic mass is 10.0. The van der Waals surface area contributed by atoms with Gasteiger partial charge in [-0.15, -0.1) is 0 Å². The minimum atomic E-state index is -0.546. The van der Waals surface area contributed by atoms with Gasteiger partial charge in [0.15, 0.2) is 5.82 Å². The van der Waals surface area contributed by atoms with Crippen molar-refractivity contribution in [2.24, 2.45) is 0 Å². The number of ether oxygens (including phenoxy) is 1. The molecule has 2 aromatic heterocycles. The lowest BCUT2D eigenvalue weighted by Gasteiger charge is -2.33. The van der Waals surface area contributed by atoms with Gasteiger partial charge >= 0.3 is 6.09 Å². The summed E-state index contributed by atoms with van der Waals surface area (Å²) in [6.45, 7) is 6.50. The van der Waals surface area contributed by atoms with E-state index in [1.165, 1.54) is 16.9 Å². The highest BCUT2D eigenvalue weighted by molar-refractivity contribution is 5.97. The molecule has 0 aliphatic carbocycles. The molecular formula is C24H28FN5O3. The van der Waals surface area contributed by atoms with Crippen molar-refractivity contribution < 1.29 is 18.7 Å². The zero-order valence-electron chi connectivity index (χ0n) is 19.0. The van der Waals surface area contributed by atoms with Gasteiger partial charge < -0.3 is 19.5 Å². The molecule has 0 bridgehead atoms. The van der Waals surface area contributed by atoms with Crippen LogP contribution in [0.3, 0.4) is 0 Å². The van der Waals surface area contributed by atoms with E-state index in [4.69, 9.17) is 4.74 Å². The van der Waals surface area contributed by atoms with Gasteiger partial charge in [0, 0.05) is 31.5 Å². The van der Waals surface area contributed by atoms with Crippen LogP contribution in [0.4, 0.5) is 9.18 Å². The summed E-state index contributed by atoms with van der Waals surface area (Å²) in [6.07, 6.45) is 5.91. The summed E-state index contributed by atoms with van der Waals surface area (Å²) in [7, 11) is 0. The van der Waals surface area contributed by atoms with Crippen LogP contribution in [-0.4, -0.2) is 56.0 Å². The number of aromatic nitrogens is 3. The number of piperidine rings is 1. The lowest BCUT2D eigenvalue weighted by Crippen LogP contribution is -2.47. The summed E-state index contributed by atoms with van der Waals surface area (Å²) in [6, 6.07) is 9.86. The number of nitrogens with one attached hydrogen (secondary N) is 1. The first kappa shape index (κ1) is 22.6. The summed E-state index contributed by atoms with van der Waals surface area (Å²) in [5, 5.41) is 7.36. The molecule has 0 atom stereocenters. The van der Waals surface area contributed by atoms with Crippen molar-refractivity contribution in [2.45, 2.75) is 45.3 Å². The van der Waals surface area contributed by atoms with Gasteiger partial charge in [0.1, 0.15) is 22.7 Å². The molecule has 1 N–H and O–H groups in total. The van der Waals surface area contributed by atoms with Gasteiger partial charge in [-0.25, -0.2) is 13.9 Å². The van der Waals surface area contributed by atoms with E-state index in [-0.39, 0.29) is 23.7 Å². The Bertz CT molecular complexity index is 1130. The normalized spacial score (nSPS) is 14.8. The van der Waals surface area contributed by atoms with Crippen LogP contribution in [-0.2, 0) is 4.74 Å². The third-order valence-corrected chi connectivity index (χ3v) is 5.40. The van der Waals surface area contributed by atoms with Crippen LogP contribution in [0.1, 0.15) is 44.0 Å². The molecule has 174 valence electrons.